The van der Waals surface area contributed by atoms with Crippen molar-refractivity contribution in [1.82, 2.24) is 10.2 Å². The van der Waals surface area contributed by atoms with E-state index < -0.39 is 5.54 Å². The third-order valence-electron chi connectivity index (χ3n) is 3.17. The lowest BCUT2D eigenvalue weighted by atomic mass is 9.93. The molecule has 0 unspecified atom stereocenters. The van der Waals surface area contributed by atoms with Crippen LogP contribution >= 0.6 is 0 Å². The first-order chi connectivity index (χ1) is 8.00. The Morgan fingerprint density at radius 3 is 2.41 bits per heavy atom. The van der Waals surface area contributed by atoms with Gasteiger partial charge in [-0.1, -0.05) is 13.8 Å². The molecule has 0 aromatic rings. The second-order valence-electron chi connectivity index (χ2n) is 4.42. The van der Waals surface area contributed by atoms with Crippen molar-refractivity contribution in [3.05, 3.63) is 0 Å². The van der Waals surface area contributed by atoms with Gasteiger partial charge in [-0.15, -0.1) is 0 Å². The Balaban J connectivity index is 3.84. The van der Waals surface area contributed by atoms with Crippen LogP contribution in [0.1, 0.15) is 26.7 Å². The number of ether oxygens (including phenoxy) is 1. The van der Waals surface area contributed by atoms with Crippen molar-refractivity contribution >= 4 is 5.91 Å². The molecule has 0 atom stereocenters. The zero-order valence-corrected chi connectivity index (χ0v) is 11.6. The van der Waals surface area contributed by atoms with Crippen LogP contribution in [0.4, 0.5) is 0 Å². The summed E-state index contributed by atoms with van der Waals surface area (Å²) in [5, 5.41) is 2.89. The number of nitrogens with zero attached hydrogens (tertiary/aromatic N) is 1. The first-order valence-electron chi connectivity index (χ1n) is 6.24. The summed E-state index contributed by atoms with van der Waals surface area (Å²) in [6, 6.07) is 0. The van der Waals surface area contributed by atoms with Crippen molar-refractivity contribution in [3.8, 4) is 0 Å². The second kappa shape index (κ2) is 8.44. The summed E-state index contributed by atoms with van der Waals surface area (Å²) < 4.78 is 4.98. The number of rotatable bonds is 9. The molecule has 0 aliphatic carbocycles. The number of likely N-dealkylation sites (N-methyl/N-ethyl adjacent to an activating group) is 1. The van der Waals surface area contributed by atoms with Crippen LogP contribution < -0.4 is 11.1 Å². The van der Waals surface area contributed by atoms with E-state index in [4.69, 9.17) is 10.5 Å². The van der Waals surface area contributed by atoms with Crippen molar-refractivity contribution in [1.29, 1.82) is 0 Å². The van der Waals surface area contributed by atoms with E-state index in [2.05, 4.69) is 10.2 Å². The van der Waals surface area contributed by atoms with E-state index in [0.29, 0.717) is 26.0 Å². The lowest BCUT2D eigenvalue weighted by Gasteiger charge is -2.26. The number of methoxy groups -OCH3 is 1. The predicted molar refractivity (Wildman–Crippen MR) is 69.9 cm³/mol. The zero-order chi connectivity index (χ0) is 13.3. The van der Waals surface area contributed by atoms with Gasteiger partial charge in [0.05, 0.1) is 12.1 Å². The topological polar surface area (TPSA) is 67.6 Å². The fraction of sp³-hybridized carbons (Fsp3) is 0.917. The van der Waals surface area contributed by atoms with Gasteiger partial charge in [0.15, 0.2) is 0 Å². The number of carbonyl (C=O) groups excluding carboxylic acids is 1. The van der Waals surface area contributed by atoms with Crippen LogP contribution in [0.25, 0.3) is 0 Å². The van der Waals surface area contributed by atoms with Crippen molar-refractivity contribution in [2.75, 3.05) is 40.4 Å². The Morgan fingerprint density at radius 2 is 1.94 bits per heavy atom. The molecular weight excluding hydrogens is 218 g/mol. The highest BCUT2D eigenvalue weighted by Crippen LogP contribution is 2.10. The van der Waals surface area contributed by atoms with Crippen LogP contribution in [0.5, 0.6) is 0 Å². The molecule has 0 saturated carbocycles. The molecule has 0 aromatic carbocycles. The molecule has 0 aliphatic heterocycles. The third kappa shape index (κ3) is 6.00. The highest BCUT2D eigenvalue weighted by atomic mass is 16.5. The smallest absolute Gasteiger partial charge is 0.240 e. The van der Waals surface area contributed by atoms with E-state index in [1.165, 1.54) is 0 Å². The summed E-state index contributed by atoms with van der Waals surface area (Å²) in [6.45, 7) is 6.87. The molecule has 0 bridgehead atoms. The molecule has 102 valence electrons. The third-order valence-corrected chi connectivity index (χ3v) is 3.17. The van der Waals surface area contributed by atoms with Gasteiger partial charge in [-0.05, 0) is 19.9 Å². The Hall–Kier alpha value is -0.650. The van der Waals surface area contributed by atoms with Gasteiger partial charge < -0.3 is 20.7 Å². The van der Waals surface area contributed by atoms with Crippen molar-refractivity contribution in [2.45, 2.75) is 32.2 Å². The van der Waals surface area contributed by atoms with Gasteiger partial charge >= 0.3 is 0 Å². The minimum atomic E-state index is -0.717. The molecule has 17 heavy (non-hydrogen) atoms. The molecule has 1 amide bonds. The number of carbonyl (C=O) groups is 1. The highest BCUT2D eigenvalue weighted by molar-refractivity contribution is 5.85. The molecule has 0 aliphatic rings. The predicted octanol–water partition coefficient (Wildman–Crippen LogP) is 0.198. The number of nitrogens with two attached hydrogens (primary N) is 1. The minimum Gasteiger partial charge on any atom is -0.383 e. The van der Waals surface area contributed by atoms with Gasteiger partial charge in [0.2, 0.25) is 5.91 Å². The van der Waals surface area contributed by atoms with Gasteiger partial charge in [0, 0.05) is 26.7 Å². The fourth-order valence-electron chi connectivity index (χ4n) is 1.47. The average molecular weight is 245 g/mol. The Morgan fingerprint density at radius 1 is 1.35 bits per heavy atom. The molecule has 5 heteroatoms. The first-order valence-corrected chi connectivity index (χ1v) is 6.24. The summed E-state index contributed by atoms with van der Waals surface area (Å²) in [5.74, 6) is -0.0531. The van der Waals surface area contributed by atoms with Crippen LogP contribution in [-0.2, 0) is 9.53 Å². The summed E-state index contributed by atoms with van der Waals surface area (Å²) in [6.07, 6.45) is 1.32. The Bertz CT molecular complexity index is 218. The van der Waals surface area contributed by atoms with Gasteiger partial charge in [-0.25, -0.2) is 0 Å². The van der Waals surface area contributed by atoms with E-state index in [-0.39, 0.29) is 5.91 Å². The Kier molecular flexibility index (Phi) is 8.12. The Labute approximate surface area is 105 Å². The van der Waals surface area contributed by atoms with E-state index in [9.17, 15) is 4.79 Å². The summed E-state index contributed by atoms with van der Waals surface area (Å²) in [7, 11) is 3.68. The average Bonchev–Trinajstić information content (AvgIpc) is 2.35. The summed E-state index contributed by atoms with van der Waals surface area (Å²) in [5.41, 5.74) is 5.27. The summed E-state index contributed by atoms with van der Waals surface area (Å²) >= 11 is 0. The normalized spacial score (nSPS) is 11.9. The molecular formula is C12H27N3O2. The summed E-state index contributed by atoms with van der Waals surface area (Å²) in [4.78, 5) is 14.0. The molecule has 0 fully saturated rings. The zero-order valence-electron chi connectivity index (χ0n) is 11.6. The minimum absolute atomic E-state index is 0.0531. The maximum absolute atomic E-state index is 11.8. The number of nitrogens with one attached hydrogen (secondary N) is 1. The number of amides is 1. The quantitative estimate of drug-likeness (QED) is 0.609. The van der Waals surface area contributed by atoms with Crippen LogP contribution in [0.3, 0.4) is 0 Å². The van der Waals surface area contributed by atoms with Crippen LogP contribution in [0, 0.1) is 0 Å². The van der Waals surface area contributed by atoms with Gasteiger partial charge in [0.25, 0.3) is 0 Å². The second-order valence-corrected chi connectivity index (χ2v) is 4.42. The molecule has 0 rings (SSSR count). The molecule has 0 saturated heterocycles. The SMILES string of the molecule is CCC(N)(CC)C(=O)NCCN(C)CCOC. The van der Waals surface area contributed by atoms with E-state index >= 15 is 0 Å². The highest BCUT2D eigenvalue weighted by Gasteiger charge is 2.29. The van der Waals surface area contributed by atoms with Gasteiger partial charge in [0.1, 0.15) is 0 Å². The van der Waals surface area contributed by atoms with E-state index in [0.717, 1.165) is 13.1 Å². The lowest BCUT2D eigenvalue weighted by molar-refractivity contribution is -0.126. The fourth-order valence-corrected chi connectivity index (χ4v) is 1.47. The van der Waals surface area contributed by atoms with Crippen molar-refractivity contribution in [3.63, 3.8) is 0 Å². The molecule has 5 nitrogen and oxygen atoms in total. The standard InChI is InChI=1S/C12H27N3O2/c1-5-12(13,6-2)11(16)14-7-8-15(3)9-10-17-4/h5-10,13H2,1-4H3,(H,14,16). The molecule has 0 heterocycles. The van der Waals surface area contributed by atoms with Gasteiger partial charge in [-0.2, -0.15) is 0 Å². The monoisotopic (exact) mass is 245 g/mol. The van der Waals surface area contributed by atoms with Gasteiger partial charge in [-0.3, -0.25) is 4.79 Å². The largest absolute Gasteiger partial charge is 0.383 e. The van der Waals surface area contributed by atoms with Crippen molar-refractivity contribution < 1.29 is 9.53 Å². The maximum Gasteiger partial charge on any atom is 0.240 e. The van der Waals surface area contributed by atoms with Crippen molar-refractivity contribution in [2.24, 2.45) is 5.73 Å². The molecule has 3 N–H and O–H groups in total. The van der Waals surface area contributed by atoms with Crippen LogP contribution in [-0.4, -0.2) is 56.7 Å². The molecule has 0 aromatic heterocycles. The van der Waals surface area contributed by atoms with Crippen LogP contribution in [0.15, 0.2) is 0 Å². The number of hydrogen-bond acceptors (Lipinski definition) is 4. The maximum atomic E-state index is 11.8. The lowest BCUT2D eigenvalue weighted by Crippen LogP contribution is -2.54. The van der Waals surface area contributed by atoms with Crippen LogP contribution in [0.2, 0.25) is 0 Å². The van der Waals surface area contributed by atoms with E-state index in [1.54, 1.807) is 7.11 Å². The number of hydrogen-bond donors (Lipinski definition) is 2. The molecule has 0 spiro atoms. The first kappa shape index (κ1) is 16.4. The molecule has 0 radical (unpaired) electrons. The van der Waals surface area contributed by atoms with E-state index in [1.807, 2.05) is 20.9 Å².